The van der Waals surface area contributed by atoms with Crippen LogP contribution in [0.25, 0.3) is 0 Å². The first-order valence-electron chi connectivity index (χ1n) is 10.6. The van der Waals surface area contributed by atoms with Crippen molar-refractivity contribution < 1.29 is 17.9 Å². The average molecular weight is 572 g/mol. The number of hydrogen-bond acceptors (Lipinski definition) is 5. The lowest BCUT2D eigenvalue weighted by atomic mass is 10.2. The Kier molecular flexibility index (Phi) is 8.39. The van der Waals surface area contributed by atoms with E-state index in [4.69, 9.17) is 39.5 Å². The maximum atomic E-state index is 13.4. The van der Waals surface area contributed by atoms with Crippen LogP contribution in [0.1, 0.15) is 5.56 Å². The molecule has 6 nitrogen and oxygen atoms in total. The molecule has 35 heavy (non-hydrogen) atoms. The standard InChI is InChI=1S/C24H21Cl3N2O4S2/c25-16-8-10-17(11-9-16)35(31,32)29-14-23(33-22-7-2-1-6-21(22)29)24(30)28-12-13-34-15-18-19(26)4-3-5-20(18)27/h1-11,23H,12-15H2,(H,28,30)/t23-/m1/s1. The van der Waals surface area contributed by atoms with Crippen LogP contribution in [0.4, 0.5) is 5.69 Å². The van der Waals surface area contributed by atoms with E-state index in [1.165, 1.54) is 28.6 Å². The predicted octanol–water partition coefficient (Wildman–Crippen LogP) is 5.65. The van der Waals surface area contributed by atoms with Crippen LogP contribution in [0, 0.1) is 0 Å². The number of sulfonamides is 1. The summed E-state index contributed by atoms with van der Waals surface area (Å²) in [5.74, 6) is 1.14. The van der Waals surface area contributed by atoms with Gasteiger partial charge in [-0.3, -0.25) is 9.10 Å². The molecule has 0 bridgehead atoms. The predicted molar refractivity (Wildman–Crippen MR) is 142 cm³/mol. The van der Waals surface area contributed by atoms with Crippen LogP contribution in [0.2, 0.25) is 15.1 Å². The van der Waals surface area contributed by atoms with Gasteiger partial charge in [-0.05, 0) is 54.1 Å². The van der Waals surface area contributed by atoms with Crippen LogP contribution in [0.15, 0.2) is 71.6 Å². The topological polar surface area (TPSA) is 75.7 Å². The highest BCUT2D eigenvalue weighted by molar-refractivity contribution is 7.98. The van der Waals surface area contributed by atoms with Crippen LogP contribution in [0.5, 0.6) is 5.75 Å². The van der Waals surface area contributed by atoms with Crippen molar-refractivity contribution in [3.8, 4) is 5.75 Å². The van der Waals surface area contributed by atoms with Gasteiger partial charge in [0, 0.05) is 33.1 Å². The molecule has 0 radical (unpaired) electrons. The molecule has 11 heteroatoms. The van der Waals surface area contributed by atoms with Gasteiger partial charge in [0.1, 0.15) is 5.75 Å². The van der Waals surface area contributed by atoms with Gasteiger partial charge in [0.25, 0.3) is 15.9 Å². The second-order valence-electron chi connectivity index (χ2n) is 7.61. The SMILES string of the molecule is O=C(NCCSCc1c(Cl)cccc1Cl)[C@H]1CN(S(=O)(=O)c2ccc(Cl)cc2)c2ccccc2O1. The fraction of sp³-hybridized carbons (Fsp3) is 0.208. The molecule has 184 valence electrons. The first kappa shape index (κ1) is 26.0. The lowest BCUT2D eigenvalue weighted by molar-refractivity contribution is -0.127. The van der Waals surface area contributed by atoms with Gasteiger partial charge in [0.05, 0.1) is 17.1 Å². The molecule has 1 N–H and O–H groups in total. The summed E-state index contributed by atoms with van der Waals surface area (Å²) in [5.41, 5.74) is 1.22. The highest BCUT2D eigenvalue weighted by Gasteiger charge is 2.37. The minimum absolute atomic E-state index is 0.0763. The summed E-state index contributed by atoms with van der Waals surface area (Å²) in [4.78, 5) is 13.0. The number of carbonyl (C=O) groups excluding carboxylic acids is 1. The molecule has 3 aromatic rings. The zero-order valence-electron chi connectivity index (χ0n) is 18.3. The van der Waals surface area contributed by atoms with E-state index in [0.717, 1.165) is 5.56 Å². The van der Waals surface area contributed by atoms with E-state index >= 15 is 0 Å². The number of benzene rings is 3. The number of anilines is 1. The molecule has 0 unspecified atom stereocenters. The summed E-state index contributed by atoms with van der Waals surface area (Å²) in [6.07, 6.45) is -1.00. The molecule has 0 aliphatic carbocycles. The third kappa shape index (κ3) is 6.01. The van der Waals surface area contributed by atoms with Crippen molar-refractivity contribution in [1.82, 2.24) is 5.32 Å². The number of amides is 1. The van der Waals surface area contributed by atoms with Crippen molar-refractivity contribution in [2.45, 2.75) is 16.8 Å². The van der Waals surface area contributed by atoms with Crippen molar-refractivity contribution in [2.24, 2.45) is 0 Å². The Morgan fingerprint density at radius 1 is 1.00 bits per heavy atom. The third-order valence-corrected chi connectivity index (χ3v) is 9.02. The molecular formula is C24H21Cl3N2O4S2. The molecular weight excluding hydrogens is 551 g/mol. The first-order chi connectivity index (χ1) is 16.8. The summed E-state index contributed by atoms with van der Waals surface area (Å²) in [7, 11) is -3.94. The summed E-state index contributed by atoms with van der Waals surface area (Å²) in [5, 5.41) is 4.46. The fourth-order valence-electron chi connectivity index (χ4n) is 3.50. The third-order valence-electron chi connectivity index (χ3n) is 5.28. The van der Waals surface area contributed by atoms with Gasteiger partial charge in [-0.1, -0.05) is 53.0 Å². The minimum Gasteiger partial charge on any atom is -0.476 e. The van der Waals surface area contributed by atoms with Crippen LogP contribution >= 0.6 is 46.6 Å². The number of nitrogens with one attached hydrogen (secondary N) is 1. The second kappa shape index (κ2) is 11.3. The van der Waals surface area contributed by atoms with Crippen LogP contribution < -0.4 is 14.4 Å². The molecule has 3 aromatic carbocycles. The molecule has 0 fully saturated rings. The van der Waals surface area contributed by atoms with Gasteiger partial charge in [-0.2, -0.15) is 11.8 Å². The maximum absolute atomic E-state index is 13.4. The van der Waals surface area contributed by atoms with Gasteiger partial charge in [0.15, 0.2) is 6.10 Å². The molecule has 1 aliphatic rings. The molecule has 1 amide bonds. The molecule has 4 rings (SSSR count). The molecule has 1 heterocycles. The van der Waals surface area contributed by atoms with Crippen molar-refractivity contribution in [1.29, 1.82) is 0 Å². The molecule has 0 saturated heterocycles. The van der Waals surface area contributed by atoms with E-state index in [9.17, 15) is 13.2 Å². The van der Waals surface area contributed by atoms with E-state index in [1.54, 1.807) is 54.2 Å². The summed E-state index contributed by atoms with van der Waals surface area (Å²) < 4.78 is 33.8. The number of hydrogen-bond donors (Lipinski definition) is 1. The second-order valence-corrected chi connectivity index (χ2v) is 11.8. The Bertz CT molecular complexity index is 1300. The van der Waals surface area contributed by atoms with Gasteiger partial charge in [-0.15, -0.1) is 0 Å². The quantitative estimate of drug-likeness (QED) is 0.354. The number of thioether (sulfide) groups is 1. The Labute approximate surface area is 223 Å². The van der Waals surface area contributed by atoms with Gasteiger partial charge in [0.2, 0.25) is 0 Å². The number of fused-ring (bicyclic) bond motifs is 1. The van der Waals surface area contributed by atoms with Gasteiger partial charge >= 0.3 is 0 Å². The first-order valence-corrected chi connectivity index (χ1v) is 14.3. The molecule has 1 aliphatic heterocycles. The highest BCUT2D eigenvalue weighted by Crippen LogP contribution is 2.37. The molecule has 0 aromatic heterocycles. The van der Waals surface area contributed by atoms with E-state index in [1.807, 2.05) is 0 Å². The largest absolute Gasteiger partial charge is 0.476 e. The van der Waals surface area contributed by atoms with Crippen LogP contribution in [-0.2, 0) is 20.6 Å². The number of rotatable bonds is 8. The van der Waals surface area contributed by atoms with E-state index < -0.39 is 22.0 Å². The van der Waals surface area contributed by atoms with E-state index in [0.29, 0.717) is 44.6 Å². The monoisotopic (exact) mass is 570 g/mol. The Morgan fingerprint density at radius 2 is 1.69 bits per heavy atom. The molecule has 0 saturated carbocycles. The van der Waals surface area contributed by atoms with Crippen molar-refractivity contribution >= 4 is 68.2 Å². The van der Waals surface area contributed by atoms with Crippen molar-refractivity contribution in [3.63, 3.8) is 0 Å². The van der Waals surface area contributed by atoms with E-state index in [2.05, 4.69) is 5.32 Å². The lowest BCUT2D eigenvalue weighted by Crippen LogP contribution is -2.51. The van der Waals surface area contributed by atoms with Crippen LogP contribution in [0.3, 0.4) is 0 Å². The normalized spacial score (nSPS) is 15.3. The van der Waals surface area contributed by atoms with Gasteiger partial charge in [-0.25, -0.2) is 8.42 Å². The highest BCUT2D eigenvalue weighted by atomic mass is 35.5. The minimum atomic E-state index is -3.94. The maximum Gasteiger partial charge on any atom is 0.264 e. The fourth-order valence-corrected chi connectivity index (χ4v) is 6.70. The average Bonchev–Trinajstić information content (AvgIpc) is 2.84. The lowest BCUT2D eigenvalue weighted by Gasteiger charge is -2.34. The summed E-state index contributed by atoms with van der Waals surface area (Å²) in [6, 6.07) is 18.0. The number of carbonyl (C=O) groups is 1. The van der Waals surface area contributed by atoms with E-state index in [-0.39, 0.29) is 11.4 Å². The molecule has 0 spiro atoms. The Hall–Kier alpha value is -2.10. The summed E-state index contributed by atoms with van der Waals surface area (Å²) >= 11 is 19.9. The Morgan fingerprint density at radius 3 is 2.40 bits per heavy atom. The number of halogens is 3. The smallest absolute Gasteiger partial charge is 0.264 e. The van der Waals surface area contributed by atoms with Crippen molar-refractivity contribution in [2.75, 3.05) is 23.1 Å². The zero-order valence-corrected chi connectivity index (χ0v) is 22.2. The number of ether oxygens (including phenoxy) is 1. The summed E-state index contributed by atoms with van der Waals surface area (Å²) in [6.45, 7) is 0.215. The Balaban J connectivity index is 1.41. The van der Waals surface area contributed by atoms with Crippen LogP contribution in [-0.4, -0.2) is 39.3 Å². The number of para-hydroxylation sites is 2. The van der Waals surface area contributed by atoms with Crippen molar-refractivity contribution in [3.05, 3.63) is 87.4 Å². The zero-order chi connectivity index (χ0) is 25.0. The molecule has 1 atom stereocenters. The number of nitrogens with zero attached hydrogens (tertiary/aromatic N) is 1. The van der Waals surface area contributed by atoms with Gasteiger partial charge < -0.3 is 10.1 Å².